The molecule has 2 heterocycles. The first-order valence-electron chi connectivity index (χ1n) is 11.5. The van der Waals surface area contributed by atoms with E-state index in [1.807, 2.05) is 0 Å². The van der Waals surface area contributed by atoms with E-state index in [1.165, 1.54) is 4.90 Å². The van der Waals surface area contributed by atoms with E-state index in [0.717, 1.165) is 5.56 Å². The summed E-state index contributed by atoms with van der Waals surface area (Å²) < 4.78 is 10.7. The predicted molar refractivity (Wildman–Crippen MR) is 125 cm³/mol. The Kier molecular flexibility index (Phi) is 7.67. The zero-order chi connectivity index (χ0) is 25.8. The molecule has 35 heavy (non-hydrogen) atoms. The number of rotatable bonds is 5. The van der Waals surface area contributed by atoms with Crippen LogP contribution in [0.25, 0.3) is 0 Å². The number of nitrogens with zero attached hydrogens (tertiary/aromatic N) is 2. The van der Waals surface area contributed by atoms with Crippen LogP contribution in [0.1, 0.15) is 51.2 Å². The van der Waals surface area contributed by atoms with Crippen molar-refractivity contribution in [2.75, 3.05) is 26.2 Å². The number of carboxylic acids is 1. The molecule has 11 heteroatoms. The summed E-state index contributed by atoms with van der Waals surface area (Å²) in [6, 6.07) is 6.81. The first kappa shape index (κ1) is 26.0. The van der Waals surface area contributed by atoms with E-state index < -0.39 is 29.4 Å². The highest BCUT2D eigenvalue weighted by Gasteiger charge is 2.43. The third-order valence-corrected chi connectivity index (χ3v) is 5.98. The molecule has 2 aliphatic rings. The van der Waals surface area contributed by atoms with Gasteiger partial charge in [-0.3, -0.25) is 25.2 Å². The Labute approximate surface area is 203 Å². The van der Waals surface area contributed by atoms with E-state index in [9.17, 15) is 19.2 Å². The van der Waals surface area contributed by atoms with Crippen molar-refractivity contribution in [1.82, 2.24) is 15.1 Å². The van der Waals surface area contributed by atoms with E-state index in [4.69, 9.17) is 20.0 Å². The van der Waals surface area contributed by atoms with E-state index in [0.29, 0.717) is 44.5 Å². The first-order valence-corrected chi connectivity index (χ1v) is 11.5. The molecule has 1 aromatic rings. The molecule has 3 amide bonds. The maximum absolute atomic E-state index is 12.8. The fourth-order valence-electron chi connectivity index (χ4n) is 4.11. The molecule has 1 spiro atoms. The molecular formula is C24H32N4O7. The Bertz CT molecular complexity index is 992. The summed E-state index contributed by atoms with van der Waals surface area (Å²) in [5.74, 6) is -1.23. The van der Waals surface area contributed by atoms with E-state index >= 15 is 0 Å². The monoisotopic (exact) mass is 488 g/mol. The fourth-order valence-corrected chi connectivity index (χ4v) is 4.11. The van der Waals surface area contributed by atoms with Gasteiger partial charge in [-0.1, -0.05) is 24.3 Å². The molecule has 0 aliphatic carbocycles. The number of alkyl carbamates (subject to hydrolysis) is 1. The highest BCUT2D eigenvalue weighted by atomic mass is 16.6. The molecule has 0 saturated carbocycles. The number of ether oxygens (including phenoxy) is 2. The maximum atomic E-state index is 12.8. The van der Waals surface area contributed by atoms with Gasteiger partial charge in [-0.25, -0.2) is 9.59 Å². The number of nitrogens with one attached hydrogen (secondary N) is 2. The molecule has 2 saturated heterocycles. The van der Waals surface area contributed by atoms with Gasteiger partial charge in [0.05, 0.1) is 6.42 Å². The lowest BCUT2D eigenvalue weighted by atomic mass is 9.86. The second kappa shape index (κ2) is 10.3. The van der Waals surface area contributed by atoms with E-state index in [-0.39, 0.29) is 24.7 Å². The van der Waals surface area contributed by atoms with Crippen LogP contribution in [0.2, 0.25) is 0 Å². The molecule has 0 unspecified atom stereocenters. The molecule has 0 atom stereocenters. The third kappa shape index (κ3) is 7.17. The summed E-state index contributed by atoms with van der Waals surface area (Å²) in [4.78, 5) is 50.6. The summed E-state index contributed by atoms with van der Waals surface area (Å²) in [5.41, 5.74) is -0.0471. The van der Waals surface area contributed by atoms with Gasteiger partial charge in [0, 0.05) is 44.5 Å². The molecule has 11 nitrogen and oxygen atoms in total. The fraction of sp³-hybridized carbons (Fsp3) is 0.542. The van der Waals surface area contributed by atoms with Gasteiger partial charge >= 0.3 is 18.2 Å². The zero-order valence-electron chi connectivity index (χ0n) is 20.3. The summed E-state index contributed by atoms with van der Waals surface area (Å²) in [7, 11) is 0. The molecule has 1 aromatic carbocycles. The van der Waals surface area contributed by atoms with Gasteiger partial charge in [0.15, 0.2) is 0 Å². The number of piperidine rings is 1. The average Bonchev–Trinajstić information content (AvgIpc) is 2.75. The minimum Gasteiger partial charge on any atom is -0.480 e. The second-order valence-corrected chi connectivity index (χ2v) is 9.87. The van der Waals surface area contributed by atoms with Crippen molar-refractivity contribution in [2.45, 2.75) is 57.7 Å². The normalized spacial score (nSPS) is 17.5. The van der Waals surface area contributed by atoms with Crippen molar-refractivity contribution in [2.24, 2.45) is 0 Å². The molecule has 3 N–H and O–H groups in total. The van der Waals surface area contributed by atoms with Crippen LogP contribution >= 0.6 is 0 Å². The summed E-state index contributed by atoms with van der Waals surface area (Å²) in [6.45, 7) is 6.06. The number of carboxylic acid groups (broad SMARTS) is 1. The van der Waals surface area contributed by atoms with Crippen molar-refractivity contribution < 1.29 is 33.8 Å². The number of likely N-dealkylation sites (tertiary alicyclic amines) is 1. The SMILES string of the molecule is CC(C)(C)OC(=O)NC(=N)c1ccc(CC(=O)N2CCC3(CC2)CCN(CC(=O)O)C(=O)O3)cc1. The molecule has 0 bridgehead atoms. The van der Waals surface area contributed by atoms with Gasteiger partial charge in [0.2, 0.25) is 5.91 Å². The van der Waals surface area contributed by atoms with Crippen LogP contribution < -0.4 is 5.32 Å². The van der Waals surface area contributed by atoms with Crippen LogP contribution in [0, 0.1) is 5.41 Å². The van der Waals surface area contributed by atoms with Crippen LogP contribution in [-0.2, 0) is 25.5 Å². The second-order valence-electron chi connectivity index (χ2n) is 9.87. The van der Waals surface area contributed by atoms with Crippen LogP contribution in [0.5, 0.6) is 0 Å². The van der Waals surface area contributed by atoms with Gasteiger partial charge in [0.1, 0.15) is 23.6 Å². The van der Waals surface area contributed by atoms with E-state index in [2.05, 4.69) is 5.32 Å². The number of benzene rings is 1. The molecule has 2 fully saturated rings. The van der Waals surface area contributed by atoms with Gasteiger partial charge < -0.3 is 19.5 Å². The molecule has 0 aromatic heterocycles. The Morgan fingerprint density at radius 1 is 1.11 bits per heavy atom. The van der Waals surface area contributed by atoms with Crippen molar-refractivity contribution in [1.29, 1.82) is 5.41 Å². The molecule has 2 aliphatic heterocycles. The Hall–Kier alpha value is -3.63. The number of hydrogen-bond donors (Lipinski definition) is 3. The number of aliphatic carboxylic acids is 1. The summed E-state index contributed by atoms with van der Waals surface area (Å²) in [6.07, 6.45) is 0.425. The topological polar surface area (TPSA) is 149 Å². The van der Waals surface area contributed by atoms with Crippen molar-refractivity contribution in [3.8, 4) is 0 Å². The van der Waals surface area contributed by atoms with Crippen molar-refractivity contribution in [3.05, 3.63) is 35.4 Å². The lowest BCUT2D eigenvalue weighted by molar-refractivity contribution is -0.143. The number of amidine groups is 1. The van der Waals surface area contributed by atoms with Crippen molar-refractivity contribution >= 4 is 29.9 Å². The van der Waals surface area contributed by atoms with Crippen LogP contribution in [0.4, 0.5) is 9.59 Å². The summed E-state index contributed by atoms with van der Waals surface area (Å²) in [5, 5.41) is 19.3. The molecule has 3 rings (SSSR count). The highest BCUT2D eigenvalue weighted by Crippen LogP contribution is 2.34. The lowest BCUT2D eigenvalue weighted by Gasteiger charge is -2.45. The van der Waals surface area contributed by atoms with Gasteiger partial charge in [0.25, 0.3) is 0 Å². The minimum atomic E-state index is -1.08. The van der Waals surface area contributed by atoms with E-state index in [1.54, 1.807) is 49.9 Å². The Morgan fingerprint density at radius 3 is 2.26 bits per heavy atom. The number of amides is 3. The molecular weight excluding hydrogens is 456 g/mol. The maximum Gasteiger partial charge on any atom is 0.413 e. The number of hydrogen-bond acceptors (Lipinski definition) is 7. The largest absolute Gasteiger partial charge is 0.480 e. The van der Waals surface area contributed by atoms with Crippen molar-refractivity contribution in [3.63, 3.8) is 0 Å². The first-order chi connectivity index (χ1) is 16.4. The highest BCUT2D eigenvalue weighted by molar-refractivity contribution is 6.04. The van der Waals surface area contributed by atoms with Gasteiger partial charge in [-0.2, -0.15) is 0 Å². The van der Waals surface area contributed by atoms with Crippen LogP contribution in [0.15, 0.2) is 24.3 Å². The molecule has 0 radical (unpaired) electrons. The summed E-state index contributed by atoms with van der Waals surface area (Å²) >= 11 is 0. The van der Waals surface area contributed by atoms with Gasteiger partial charge in [-0.05, 0) is 26.3 Å². The number of carbonyl (C=O) groups is 4. The predicted octanol–water partition coefficient (Wildman–Crippen LogP) is 2.37. The Balaban J connectivity index is 1.48. The average molecular weight is 489 g/mol. The quantitative estimate of drug-likeness (QED) is 0.425. The zero-order valence-corrected chi connectivity index (χ0v) is 20.3. The standard InChI is InChI=1S/C24H32N4O7/c1-23(2,3)34-21(32)26-20(25)17-6-4-16(5-7-17)14-18(29)27-11-8-24(9-12-27)10-13-28(15-19(30)31)22(33)35-24/h4-7H,8-15H2,1-3H3,(H,30,31)(H2,25,26,32). The minimum absolute atomic E-state index is 0.0517. The van der Waals surface area contributed by atoms with Crippen LogP contribution in [0.3, 0.4) is 0 Å². The lowest BCUT2D eigenvalue weighted by Crippen LogP contribution is -2.56. The molecule has 190 valence electrons. The third-order valence-electron chi connectivity index (χ3n) is 5.98. The smallest absolute Gasteiger partial charge is 0.413 e. The Morgan fingerprint density at radius 2 is 1.71 bits per heavy atom. The van der Waals surface area contributed by atoms with Gasteiger partial charge in [-0.15, -0.1) is 0 Å². The van der Waals surface area contributed by atoms with Crippen LogP contribution in [-0.4, -0.2) is 82.2 Å². The number of carbonyl (C=O) groups excluding carboxylic acids is 3.